The zero-order valence-electron chi connectivity index (χ0n) is 7.92. The lowest BCUT2D eigenvalue weighted by Crippen LogP contribution is -2.44. The molecule has 1 aromatic rings. The first-order valence-corrected chi connectivity index (χ1v) is 4.22. The number of nitrogens with zero attached hydrogens (tertiary/aromatic N) is 2. The Morgan fingerprint density at radius 2 is 2.43 bits per heavy atom. The number of carbonyl (C=O) groups excluding carboxylic acids is 1. The van der Waals surface area contributed by atoms with Crippen LogP contribution in [-0.2, 0) is 4.79 Å². The summed E-state index contributed by atoms with van der Waals surface area (Å²) in [4.78, 5) is 16.8. The van der Waals surface area contributed by atoms with Crippen molar-refractivity contribution in [2.75, 3.05) is 18.6 Å². The van der Waals surface area contributed by atoms with Gasteiger partial charge in [-0.25, -0.2) is 4.98 Å². The molecule has 0 saturated carbocycles. The smallest absolute Gasteiger partial charge is 0.247 e. The van der Waals surface area contributed by atoms with Crippen LogP contribution in [-0.4, -0.2) is 35.7 Å². The van der Waals surface area contributed by atoms with Gasteiger partial charge in [0.25, 0.3) is 0 Å². The Bertz CT molecular complexity index is 302. The lowest BCUT2D eigenvalue weighted by atomic mass is 10.3. The third-order valence-corrected chi connectivity index (χ3v) is 1.84. The minimum Gasteiger partial charge on any atom is -0.394 e. The van der Waals surface area contributed by atoms with E-state index in [1.165, 1.54) is 4.90 Å². The number of carbonyl (C=O) groups is 1. The van der Waals surface area contributed by atoms with E-state index in [2.05, 4.69) is 4.98 Å². The minimum absolute atomic E-state index is 0.355. The summed E-state index contributed by atoms with van der Waals surface area (Å²) in [6.07, 6.45) is 1.59. The number of hydrogen-bond acceptors (Lipinski definition) is 4. The highest BCUT2D eigenvalue weighted by Gasteiger charge is 2.18. The third-order valence-electron chi connectivity index (χ3n) is 1.84. The maximum Gasteiger partial charge on any atom is 0.247 e. The average Bonchev–Trinajstić information content (AvgIpc) is 2.27. The van der Waals surface area contributed by atoms with Gasteiger partial charge in [0.1, 0.15) is 11.9 Å². The Morgan fingerprint density at radius 3 is 2.93 bits per heavy atom. The number of pyridine rings is 1. The van der Waals surface area contributed by atoms with Gasteiger partial charge in [-0.15, -0.1) is 0 Å². The van der Waals surface area contributed by atoms with Gasteiger partial charge in [-0.05, 0) is 12.1 Å². The highest BCUT2D eigenvalue weighted by Crippen LogP contribution is 2.07. The predicted molar refractivity (Wildman–Crippen MR) is 52.7 cm³/mol. The summed E-state index contributed by atoms with van der Waals surface area (Å²) in [5.41, 5.74) is 5.39. The SMILES string of the molecule is CN(C(=O)C(N)CO)c1ccccn1. The first-order chi connectivity index (χ1) is 6.66. The molecule has 0 aromatic carbocycles. The van der Waals surface area contributed by atoms with E-state index in [1.807, 2.05) is 0 Å². The molecule has 1 amide bonds. The number of likely N-dealkylation sites (N-methyl/N-ethyl adjacent to an activating group) is 1. The van der Waals surface area contributed by atoms with E-state index >= 15 is 0 Å². The van der Waals surface area contributed by atoms with E-state index in [9.17, 15) is 4.79 Å². The Hall–Kier alpha value is -1.46. The monoisotopic (exact) mass is 195 g/mol. The molecule has 1 atom stereocenters. The van der Waals surface area contributed by atoms with Crippen molar-refractivity contribution in [3.05, 3.63) is 24.4 Å². The molecule has 76 valence electrons. The highest BCUT2D eigenvalue weighted by molar-refractivity contribution is 5.95. The van der Waals surface area contributed by atoms with Crippen LogP contribution in [0.3, 0.4) is 0 Å². The van der Waals surface area contributed by atoms with Gasteiger partial charge in [0.05, 0.1) is 6.61 Å². The van der Waals surface area contributed by atoms with Crippen molar-refractivity contribution < 1.29 is 9.90 Å². The van der Waals surface area contributed by atoms with E-state index in [4.69, 9.17) is 10.8 Å². The lowest BCUT2D eigenvalue weighted by molar-refractivity contribution is -0.120. The van der Waals surface area contributed by atoms with Gasteiger partial charge in [-0.2, -0.15) is 0 Å². The Labute approximate surface area is 82.2 Å². The number of aliphatic hydroxyl groups is 1. The molecule has 0 radical (unpaired) electrons. The van der Waals surface area contributed by atoms with Gasteiger partial charge < -0.3 is 10.8 Å². The van der Waals surface area contributed by atoms with Gasteiger partial charge >= 0.3 is 0 Å². The molecule has 0 aliphatic rings. The number of aliphatic hydroxyl groups excluding tert-OH is 1. The molecule has 1 aromatic heterocycles. The molecule has 14 heavy (non-hydrogen) atoms. The van der Waals surface area contributed by atoms with Gasteiger partial charge in [0, 0.05) is 13.2 Å². The van der Waals surface area contributed by atoms with E-state index in [-0.39, 0.29) is 12.5 Å². The summed E-state index contributed by atoms with van der Waals surface area (Å²) in [7, 11) is 1.57. The van der Waals surface area contributed by atoms with E-state index in [0.29, 0.717) is 5.82 Å². The second-order valence-corrected chi connectivity index (χ2v) is 2.87. The Kier molecular flexibility index (Phi) is 3.55. The van der Waals surface area contributed by atoms with Crippen LogP contribution in [0.5, 0.6) is 0 Å². The lowest BCUT2D eigenvalue weighted by Gasteiger charge is -2.18. The van der Waals surface area contributed by atoms with Crippen LogP contribution >= 0.6 is 0 Å². The number of amides is 1. The molecule has 0 saturated heterocycles. The number of rotatable bonds is 3. The number of aromatic nitrogens is 1. The second kappa shape index (κ2) is 4.69. The molecule has 0 aliphatic heterocycles. The predicted octanol–water partition coefficient (Wildman–Crippen LogP) is -0.636. The molecule has 0 spiro atoms. The fourth-order valence-electron chi connectivity index (χ4n) is 0.992. The van der Waals surface area contributed by atoms with Crippen LogP contribution in [0.4, 0.5) is 5.82 Å². The molecular formula is C9H13N3O2. The summed E-state index contributed by atoms with van der Waals surface area (Å²) >= 11 is 0. The van der Waals surface area contributed by atoms with Gasteiger partial charge in [-0.3, -0.25) is 9.69 Å². The topological polar surface area (TPSA) is 79.5 Å². The summed E-state index contributed by atoms with van der Waals surface area (Å²) in [6.45, 7) is -0.365. The highest BCUT2D eigenvalue weighted by atomic mass is 16.3. The fourth-order valence-corrected chi connectivity index (χ4v) is 0.992. The standard InChI is InChI=1S/C9H13N3O2/c1-12(9(14)7(10)6-13)8-4-2-3-5-11-8/h2-5,7,13H,6,10H2,1H3. The maximum atomic E-state index is 11.5. The van der Waals surface area contributed by atoms with Crippen LogP contribution in [0, 0.1) is 0 Å². The minimum atomic E-state index is -0.887. The fraction of sp³-hybridized carbons (Fsp3) is 0.333. The molecule has 1 unspecified atom stereocenters. The summed E-state index contributed by atoms with van der Waals surface area (Å²) in [6, 6.07) is 4.34. The first-order valence-electron chi connectivity index (χ1n) is 4.22. The van der Waals surface area contributed by atoms with Gasteiger partial charge in [0.2, 0.25) is 5.91 Å². The summed E-state index contributed by atoms with van der Waals surface area (Å²) < 4.78 is 0. The normalized spacial score (nSPS) is 12.2. The largest absolute Gasteiger partial charge is 0.394 e. The van der Waals surface area contributed by atoms with Crippen molar-refractivity contribution in [3.63, 3.8) is 0 Å². The van der Waals surface area contributed by atoms with Crippen LogP contribution in [0.2, 0.25) is 0 Å². The number of anilines is 1. The van der Waals surface area contributed by atoms with E-state index < -0.39 is 6.04 Å². The summed E-state index contributed by atoms with van der Waals surface area (Å²) in [5, 5.41) is 8.71. The second-order valence-electron chi connectivity index (χ2n) is 2.87. The van der Waals surface area contributed by atoms with E-state index in [0.717, 1.165) is 0 Å². The third kappa shape index (κ3) is 2.27. The Morgan fingerprint density at radius 1 is 1.71 bits per heavy atom. The molecule has 0 fully saturated rings. The quantitative estimate of drug-likeness (QED) is 0.672. The van der Waals surface area contributed by atoms with Crippen molar-refractivity contribution >= 4 is 11.7 Å². The van der Waals surface area contributed by atoms with Crippen molar-refractivity contribution in [2.45, 2.75) is 6.04 Å². The molecular weight excluding hydrogens is 182 g/mol. The molecule has 1 rings (SSSR count). The zero-order chi connectivity index (χ0) is 10.6. The molecule has 3 N–H and O–H groups in total. The number of hydrogen-bond donors (Lipinski definition) is 2. The van der Waals surface area contributed by atoms with Crippen molar-refractivity contribution in [1.29, 1.82) is 0 Å². The van der Waals surface area contributed by atoms with Gasteiger partial charge in [0.15, 0.2) is 0 Å². The molecule has 5 nitrogen and oxygen atoms in total. The summed E-state index contributed by atoms with van der Waals surface area (Å²) in [5.74, 6) is 0.160. The van der Waals surface area contributed by atoms with Crippen LogP contribution in [0.15, 0.2) is 24.4 Å². The van der Waals surface area contributed by atoms with Crippen LogP contribution in [0.1, 0.15) is 0 Å². The maximum absolute atomic E-state index is 11.5. The molecule has 5 heteroatoms. The molecule has 1 heterocycles. The van der Waals surface area contributed by atoms with Crippen LogP contribution in [0.25, 0.3) is 0 Å². The zero-order valence-corrected chi connectivity index (χ0v) is 7.92. The van der Waals surface area contributed by atoms with Crippen molar-refractivity contribution in [1.82, 2.24) is 4.98 Å². The average molecular weight is 195 g/mol. The van der Waals surface area contributed by atoms with Crippen molar-refractivity contribution in [3.8, 4) is 0 Å². The van der Waals surface area contributed by atoms with Gasteiger partial charge in [-0.1, -0.05) is 6.07 Å². The first kappa shape index (κ1) is 10.6. The molecule has 0 aliphatic carbocycles. The van der Waals surface area contributed by atoms with E-state index in [1.54, 1.807) is 31.4 Å². The number of nitrogens with two attached hydrogens (primary N) is 1. The Balaban J connectivity index is 2.76. The van der Waals surface area contributed by atoms with Crippen molar-refractivity contribution in [2.24, 2.45) is 5.73 Å². The van der Waals surface area contributed by atoms with Crippen LogP contribution < -0.4 is 10.6 Å². The molecule has 0 bridgehead atoms.